The van der Waals surface area contributed by atoms with Gasteiger partial charge in [-0.1, -0.05) is 38.1 Å². The average molecular weight is 390 g/mol. The van der Waals surface area contributed by atoms with Crippen molar-refractivity contribution >= 4 is 27.8 Å². The number of carbonyl (C=O) groups excluding carboxylic acids is 1. The molecule has 0 unspecified atom stereocenters. The van der Waals surface area contributed by atoms with Crippen LogP contribution in [0, 0.1) is 5.82 Å². The number of amides is 1. The summed E-state index contributed by atoms with van der Waals surface area (Å²) in [6, 6.07) is 14.4. The molecular weight excluding hydrogens is 367 g/mol. The van der Waals surface area contributed by atoms with E-state index in [-0.39, 0.29) is 17.6 Å². The Morgan fingerprint density at radius 2 is 1.93 bits per heavy atom. The lowest BCUT2D eigenvalue weighted by molar-refractivity contribution is 0.0955. The quantitative estimate of drug-likeness (QED) is 0.551. The molecular formula is C23H23FN4O. The number of rotatable bonds is 5. The van der Waals surface area contributed by atoms with E-state index in [4.69, 9.17) is 0 Å². The molecule has 0 fully saturated rings. The Bertz CT molecular complexity index is 1210. The Kier molecular flexibility index (Phi) is 5.01. The molecule has 1 N–H and O–H groups in total. The van der Waals surface area contributed by atoms with Gasteiger partial charge in [0.2, 0.25) is 0 Å². The SMILES string of the molecule is CC(C)c1cc(C(=O)NCCc2nc3c(F)cccc3n2C)c2ccccc2n1. The summed E-state index contributed by atoms with van der Waals surface area (Å²) in [5.41, 5.74) is 3.43. The van der Waals surface area contributed by atoms with Gasteiger partial charge in [-0.3, -0.25) is 9.78 Å². The van der Waals surface area contributed by atoms with Crippen molar-refractivity contribution in [2.24, 2.45) is 7.05 Å². The lowest BCUT2D eigenvalue weighted by Crippen LogP contribution is -2.27. The summed E-state index contributed by atoms with van der Waals surface area (Å²) in [6.07, 6.45) is 0.510. The highest BCUT2D eigenvalue weighted by Gasteiger charge is 2.15. The van der Waals surface area contributed by atoms with Crippen molar-refractivity contribution < 1.29 is 9.18 Å². The number of hydrogen-bond donors (Lipinski definition) is 1. The van der Waals surface area contributed by atoms with E-state index in [1.54, 1.807) is 6.07 Å². The Labute approximate surface area is 168 Å². The fourth-order valence-electron chi connectivity index (χ4n) is 3.51. The first-order chi connectivity index (χ1) is 14.0. The summed E-state index contributed by atoms with van der Waals surface area (Å²) in [5.74, 6) is 0.474. The molecule has 0 aliphatic rings. The number of nitrogens with one attached hydrogen (secondary N) is 1. The van der Waals surface area contributed by atoms with Crippen LogP contribution in [-0.4, -0.2) is 27.0 Å². The van der Waals surface area contributed by atoms with Gasteiger partial charge in [-0.05, 0) is 30.2 Å². The van der Waals surface area contributed by atoms with E-state index in [2.05, 4.69) is 29.1 Å². The predicted molar refractivity (Wildman–Crippen MR) is 113 cm³/mol. The van der Waals surface area contributed by atoms with E-state index in [0.717, 1.165) is 27.9 Å². The predicted octanol–water partition coefficient (Wildman–Crippen LogP) is 4.36. The molecule has 29 heavy (non-hydrogen) atoms. The van der Waals surface area contributed by atoms with Crippen molar-refractivity contribution in [1.82, 2.24) is 19.9 Å². The second-order valence-corrected chi connectivity index (χ2v) is 7.47. The Morgan fingerprint density at radius 3 is 2.69 bits per heavy atom. The average Bonchev–Trinajstić information content (AvgIpc) is 3.04. The van der Waals surface area contributed by atoms with E-state index in [9.17, 15) is 9.18 Å². The largest absolute Gasteiger partial charge is 0.352 e. The van der Waals surface area contributed by atoms with Crippen LogP contribution in [0.4, 0.5) is 4.39 Å². The molecule has 148 valence electrons. The Hall–Kier alpha value is -3.28. The van der Waals surface area contributed by atoms with Gasteiger partial charge in [0.25, 0.3) is 5.91 Å². The normalized spacial score (nSPS) is 11.5. The standard InChI is InChI=1S/C23H23FN4O/c1-14(2)19-13-16(15-7-4-5-9-18(15)26-19)23(29)25-12-11-21-27-22-17(24)8-6-10-20(22)28(21)3/h4-10,13-14H,11-12H2,1-3H3,(H,25,29). The number of fused-ring (bicyclic) bond motifs is 2. The van der Waals surface area contributed by atoms with Crippen LogP contribution in [0.3, 0.4) is 0 Å². The van der Waals surface area contributed by atoms with Gasteiger partial charge in [0.05, 0.1) is 16.6 Å². The van der Waals surface area contributed by atoms with Crippen molar-refractivity contribution in [3.05, 3.63) is 71.4 Å². The van der Waals surface area contributed by atoms with Crippen LogP contribution < -0.4 is 5.32 Å². The Morgan fingerprint density at radius 1 is 1.14 bits per heavy atom. The number of pyridine rings is 1. The van der Waals surface area contributed by atoms with E-state index >= 15 is 0 Å². The third-order valence-electron chi connectivity index (χ3n) is 5.16. The summed E-state index contributed by atoms with van der Waals surface area (Å²) in [4.78, 5) is 22.0. The van der Waals surface area contributed by atoms with Gasteiger partial charge < -0.3 is 9.88 Å². The minimum atomic E-state index is -0.335. The van der Waals surface area contributed by atoms with Gasteiger partial charge in [0.15, 0.2) is 5.82 Å². The third kappa shape index (κ3) is 3.58. The van der Waals surface area contributed by atoms with Crippen LogP contribution in [0.15, 0.2) is 48.5 Å². The van der Waals surface area contributed by atoms with Crippen LogP contribution in [0.2, 0.25) is 0 Å². The Balaban J connectivity index is 1.55. The molecule has 0 saturated heterocycles. The topological polar surface area (TPSA) is 59.8 Å². The molecule has 0 atom stereocenters. The summed E-state index contributed by atoms with van der Waals surface area (Å²) in [5, 5.41) is 3.81. The first kappa shape index (κ1) is 19.1. The fraction of sp³-hybridized carbons (Fsp3) is 0.261. The highest BCUT2D eigenvalue weighted by atomic mass is 19.1. The van der Waals surface area contributed by atoms with Gasteiger partial charge >= 0.3 is 0 Å². The summed E-state index contributed by atoms with van der Waals surface area (Å²) in [7, 11) is 1.86. The van der Waals surface area contributed by atoms with Crippen LogP contribution in [0.5, 0.6) is 0 Å². The highest BCUT2D eigenvalue weighted by Crippen LogP contribution is 2.22. The monoisotopic (exact) mass is 390 g/mol. The molecule has 5 nitrogen and oxygen atoms in total. The van der Waals surface area contributed by atoms with E-state index < -0.39 is 0 Å². The molecule has 0 aliphatic carbocycles. The van der Waals surface area contributed by atoms with Gasteiger partial charge in [-0.2, -0.15) is 0 Å². The highest BCUT2D eigenvalue weighted by molar-refractivity contribution is 6.06. The molecule has 4 aromatic rings. The molecule has 2 heterocycles. The van der Waals surface area contributed by atoms with Gasteiger partial charge in [0, 0.05) is 31.1 Å². The van der Waals surface area contributed by atoms with Gasteiger partial charge in [-0.15, -0.1) is 0 Å². The smallest absolute Gasteiger partial charge is 0.252 e. The van der Waals surface area contributed by atoms with Gasteiger partial charge in [0.1, 0.15) is 11.3 Å². The molecule has 2 aromatic heterocycles. The van der Waals surface area contributed by atoms with Crippen LogP contribution in [-0.2, 0) is 13.5 Å². The van der Waals surface area contributed by atoms with Crippen molar-refractivity contribution in [2.45, 2.75) is 26.2 Å². The second-order valence-electron chi connectivity index (χ2n) is 7.47. The molecule has 0 radical (unpaired) electrons. The molecule has 4 rings (SSSR count). The fourth-order valence-corrected chi connectivity index (χ4v) is 3.51. The maximum absolute atomic E-state index is 14.0. The zero-order valence-electron chi connectivity index (χ0n) is 16.7. The molecule has 0 saturated carbocycles. The molecule has 1 amide bonds. The number of nitrogens with zero attached hydrogens (tertiary/aromatic N) is 3. The summed E-state index contributed by atoms with van der Waals surface area (Å²) >= 11 is 0. The van der Waals surface area contributed by atoms with Crippen LogP contribution in [0.1, 0.15) is 41.6 Å². The molecule has 6 heteroatoms. The van der Waals surface area contributed by atoms with Crippen molar-refractivity contribution in [3.63, 3.8) is 0 Å². The maximum Gasteiger partial charge on any atom is 0.252 e. The maximum atomic E-state index is 14.0. The lowest BCUT2D eigenvalue weighted by atomic mass is 10.0. The second kappa shape index (κ2) is 7.62. The number of aryl methyl sites for hydroxylation is 1. The van der Waals surface area contributed by atoms with E-state index in [1.165, 1.54) is 6.07 Å². The number of imidazole rings is 1. The first-order valence-corrected chi connectivity index (χ1v) is 9.73. The molecule has 0 spiro atoms. The number of para-hydroxylation sites is 2. The van der Waals surface area contributed by atoms with Gasteiger partial charge in [-0.25, -0.2) is 9.37 Å². The zero-order chi connectivity index (χ0) is 20.5. The number of aromatic nitrogens is 3. The minimum Gasteiger partial charge on any atom is -0.352 e. The van der Waals surface area contributed by atoms with Crippen molar-refractivity contribution in [2.75, 3.05) is 6.54 Å². The number of halogens is 1. The third-order valence-corrected chi connectivity index (χ3v) is 5.16. The first-order valence-electron chi connectivity index (χ1n) is 9.73. The van der Waals surface area contributed by atoms with E-state index in [0.29, 0.717) is 24.0 Å². The molecule has 0 bridgehead atoms. The number of benzene rings is 2. The minimum absolute atomic E-state index is 0.143. The molecule has 0 aliphatic heterocycles. The lowest BCUT2D eigenvalue weighted by Gasteiger charge is -2.12. The summed E-state index contributed by atoms with van der Waals surface area (Å²) < 4.78 is 15.8. The van der Waals surface area contributed by atoms with Crippen molar-refractivity contribution in [1.29, 1.82) is 0 Å². The van der Waals surface area contributed by atoms with Crippen LogP contribution in [0.25, 0.3) is 21.9 Å². The zero-order valence-corrected chi connectivity index (χ0v) is 16.7. The van der Waals surface area contributed by atoms with E-state index in [1.807, 2.05) is 48.0 Å². The number of hydrogen-bond acceptors (Lipinski definition) is 3. The summed E-state index contributed by atoms with van der Waals surface area (Å²) in [6.45, 7) is 4.53. The van der Waals surface area contributed by atoms with Crippen molar-refractivity contribution in [3.8, 4) is 0 Å². The molecule has 2 aromatic carbocycles. The van der Waals surface area contributed by atoms with Crippen LogP contribution >= 0.6 is 0 Å². The number of carbonyl (C=O) groups is 1.